The van der Waals surface area contributed by atoms with Crippen molar-refractivity contribution in [2.75, 3.05) is 12.4 Å². The van der Waals surface area contributed by atoms with Gasteiger partial charge in [-0.05, 0) is 37.5 Å². The minimum absolute atomic E-state index is 0.445. The van der Waals surface area contributed by atoms with Crippen molar-refractivity contribution in [2.24, 2.45) is 0 Å². The number of hydrogen-bond acceptors (Lipinski definition) is 6. The van der Waals surface area contributed by atoms with E-state index in [-0.39, 0.29) is 0 Å². The topological polar surface area (TPSA) is 75.5 Å². The molecule has 1 aromatic carbocycles. The molecule has 1 heterocycles. The summed E-state index contributed by atoms with van der Waals surface area (Å²) in [6, 6.07) is 8.62. The molecule has 0 aliphatic rings. The second kappa shape index (κ2) is 7.45. The van der Waals surface area contributed by atoms with E-state index in [0.717, 1.165) is 22.3 Å². The van der Waals surface area contributed by atoms with E-state index in [1.165, 1.54) is 0 Å². The summed E-state index contributed by atoms with van der Waals surface area (Å²) in [6.07, 6.45) is 0. The number of aromatic nitrogens is 2. The van der Waals surface area contributed by atoms with E-state index in [0.29, 0.717) is 17.8 Å². The second-order valence-electron chi connectivity index (χ2n) is 4.57. The monoisotopic (exact) mass is 304 g/mol. The van der Waals surface area contributed by atoms with Crippen molar-refractivity contribution in [1.29, 1.82) is 0 Å². The summed E-state index contributed by atoms with van der Waals surface area (Å²) in [5.41, 5.74) is 2.37. The van der Waals surface area contributed by atoms with Crippen molar-refractivity contribution in [3.63, 3.8) is 0 Å². The minimum Gasteiger partial charge on any atom is -0.493 e. The highest BCUT2D eigenvalue weighted by Gasteiger charge is 2.09. The SMILES string of the molecule is Cc1cc(C)nc(SCCOc2ccc(B(O)O)cc2)n1. The van der Waals surface area contributed by atoms with Gasteiger partial charge < -0.3 is 14.8 Å². The molecule has 2 N–H and O–H groups in total. The van der Waals surface area contributed by atoms with Crippen molar-refractivity contribution < 1.29 is 14.8 Å². The summed E-state index contributed by atoms with van der Waals surface area (Å²) in [7, 11) is -1.45. The van der Waals surface area contributed by atoms with E-state index >= 15 is 0 Å². The third-order valence-corrected chi connectivity index (χ3v) is 3.53. The highest BCUT2D eigenvalue weighted by Crippen LogP contribution is 2.15. The summed E-state index contributed by atoms with van der Waals surface area (Å²) in [5.74, 6) is 1.44. The quantitative estimate of drug-likeness (QED) is 0.358. The molecule has 0 atom stereocenters. The van der Waals surface area contributed by atoms with Crippen molar-refractivity contribution in [1.82, 2.24) is 9.97 Å². The van der Waals surface area contributed by atoms with E-state index in [1.807, 2.05) is 19.9 Å². The van der Waals surface area contributed by atoms with Gasteiger partial charge in [-0.3, -0.25) is 0 Å². The van der Waals surface area contributed by atoms with E-state index in [4.69, 9.17) is 14.8 Å². The number of benzene rings is 1. The van der Waals surface area contributed by atoms with Crippen LogP contribution in [-0.4, -0.2) is 39.5 Å². The zero-order valence-electron chi connectivity index (χ0n) is 12.0. The van der Waals surface area contributed by atoms with Crippen LogP contribution in [0.1, 0.15) is 11.4 Å². The Morgan fingerprint density at radius 2 is 1.71 bits per heavy atom. The Hall–Kier alpha value is -1.57. The molecule has 0 saturated carbocycles. The van der Waals surface area contributed by atoms with Crippen LogP contribution in [0, 0.1) is 13.8 Å². The molecule has 5 nitrogen and oxygen atoms in total. The highest BCUT2D eigenvalue weighted by atomic mass is 32.2. The number of hydrogen-bond donors (Lipinski definition) is 2. The average Bonchev–Trinajstić information content (AvgIpc) is 2.43. The van der Waals surface area contributed by atoms with Crippen LogP contribution >= 0.6 is 11.8 Å². The number of ether oxygens (including phenoxy) is 1. The van der Waals surface area contributed by atoms with Crippen molar-refractivity contribution >= 4 is 24.3 Å². The van der Waals surface area contributed by atoms with E-state index < -0.39 is 7.12 Å². The fraction of sp³-hybridized carbons (Fsp3) is 0.286. The van der Waals surface area contributed by atoms with Crippen molar-refractivity contribution in [3.05, 3.63) is 41.7 Å². The molecular formula is C14H17BN2O3S. The van der Waals surface area contributed by atoms with E-state index in [1.54, 1.807) is 36.0 Å². The predicted octanol–water partition coefficient (Wildman–Crippen LogP) is 0.944. The lowest BCUT2D eigenvalue weighted by Crippen LogP contribution is -2.29. The zero-order chi connectivity index (χ0) is 15.2. The molecule has 0 radical (unpaired) electrons. The third-order valence-electron chi connectivity index (χ3n) is 2.72. The minimum atomic E-state index is -1.45. The van der Waals surface area contributed by atoms with Gasteiger partial charge in [-0.15, -0.1) is 0 Å². The Labute approximate surface area is 128 Å². The lowest BCUT2D eigenvalue weighted by atomic mass is 9.80. The van der Waals surface area contributed by atoms with Gasteiger partial charge in [0.1, 0.15) is 5.75 Å². The summed E-state index contributed by atoms with van der Waals surface area (Å²) >= 11 is 1.55. The van der Waals surface area contributed by atoms with Crippen molar-refractivity contribution in [3.8, 4) is 5.75 Å². The lowest BCUT2D eigenvalue weighted by molar-refractivity contribution is 0.344. The number of nitrogens with zero attached hydrogens (tertiary/aromatic N) is 2. The molecule has 21 heavy (non-hydrogen) atoms. The summed E-state index contributed by atoms with van der Waals surface area (Å²) in [6.45, 7) is 4.43. The molecule has 2 aromatic rings. The highest BCUT2D eigenvalue weighted by molar-refractivity contribution is 7.99. The van der Waals surface area contributed by atoms with Gasteiger partial charge in [0.15, 0.2) is 5.16 Å². The Morgan fingerprint density at radius 3 is 2.29 bits per heavy atom. The first-order chi connectivity index (χ1) is 10.0. The lowest BCUT2D eigenvalue weighted by Gasteiger charge is -2.07. The second-order valence-corrected chi connectivity index (χ2v) is 5.63. The number of rotatable bonds is 6. The molecule has 1 aromatic heterocycles. The van der Waals surface area contributed by atoms with Gasteiger partial charge in [0.2, 0.25) is 0 Å². The predicted molar refractivity (Wildman–Crippen MR) is 84.0 cm³/mol. The summed E-state index contributed by atoms with van der Waals surface area (Å²) < 4.78 is 5.58. The molecule has 0 unspecified atom stereocenters. The Balaban J connectivity index is 1.79. The van der Waals surface area contributed by atoms with Gasteiger partial charge in [0.05, 0.1) is 6.61 Å². The maximum Gasteiger partial charge on any atom is 0.488 e. The molecule has 0 fully saturated rings. The standard InChI is InChI=1S/C14H17BN2O3S/c1-10-9-11(2)17-14(16-10)21-8-7-20-13-5-3-12(4-6-13)15(18)19/h3-6,9,18-19H,7-8H2,1-2H3. The molecule has 0 aliphatic carbocycles. The maximum absolute atomic E-state index is 9.00. The fourth-order valence-electron chi connectivity index (χ4n) is 1.79. The molecular weight excluding hydrogens is 287 g/mol. The zero-order valence-corrected chi connectivity index (χ0v) is 12.8. The van der Waals surface area contributed by atoms with E-state index in [9.17, 15) is 0 Å². The van der Waals surface area contributed by atoms with Crippen LogP contribution in [-0.2, 0) is 0 Å². The van der Waals surface area contributed by atoms with Gasteiger partial charge in [0, 0.05) is 17.1 Å². The van der Waals surface area contributed by atoms with Gasteiger partial charge in [-0.1, -0.05) is 23.9 Å². The molecule has 0 aliphatic heterocycles. The molecule has 0 spiro atoms. The van der Waals surface area contributed by atoms with Crippen LogP contribution in [0.5, 0.6) is 5.75 Å². The van der Waals surface area contributed by atoms with Crippen LogP contribution < -0.4 is 10.2 Å². The Bertz CT molecular complexity index is 573. The third kappa shape index (κ3) is 5.04. The van der Waals surface area contributed by atoms with Gasteiger partial charge in [0.25, 0.3) is 0 Å². The largest absolute Gasteiger partial charge is 0.493 e. The average molecular weight is 304 g/mol. The van der Waals surface area contributed by atoms with Gasteiger partial charge in [-0.2, -0.15) is 0 Å². The molecule has 0 amide bonds. The fourth-order valence-corrected chi connectivity index (χ4v) is 2.55. The first-order valence-electron chi connectivity index (χ1n) is 6.58. The van der Waals surface area contributed by atoms with Crippen molar-refractivity contribution in [2.45, 2.75) is 19.0 Å². The van der Waals surface area contributed by atoms with Crippen LogP contribution in [0.2, 0.25) is 0 Å². The normalized spacial score (nSPS) is 10.5. The molecule has 0 saturated heterocycles. The summed E-state index contributed by atoms with van der Waals surface area (Å²) in [5, 5.41) is 18.8. The van der Waals surface area contributed by atoms with E-state index in [2.05, 4.69) is 9.97 Å². The Kier molecular flexibility index (Phi) is 5.61. The first-order valence-corrected chi connectivity index (χ1v) is 7.57. The van der Waals surface area contributed by atoms with Crippen LogP contribution in [0.15, 0.2) is 35.5 Å². The van der Waals surface area contributed by atoms with Crippen LogP contribution in [0.4, 0.5) is 0 Å². The number of thioether (sulfide) groups is 1. The van der Waals surface area contributed by atoms with Gasteiger partial charge >= 0.3 is 7.12 Å². The molecule has 110 valence electrons. The smallest absolute Gasteiger partial charge is 0.488 e. The summed E-state index contributed by atoms with van der Waals surface area (Å²) in [4.78, 5) is 8.70. The van der Waals surface area contributed by atoms with Crippen LogP contribution in [0.25, 0.3) is 0 Å². The molecule has 7 heteroatoms. The van der Waals surface area contributed by atoms with Gasteiger partial charge in [-0.25, -0.2) is 9.97 Å². The van der Waals surface area contributed by atoms with Crippen LogP contribution in [0.3, 0.4) is 0 Å². The Morgan fingerprint density at radius 1 is 1.10 bits per heavy atom. The molecule has 2 rings (SSSR count). The first kappa shape index (κ1) is 15.8. The molecule has 0 bridgehead atoms. The maximum atomic E-state index is 9.00. The number of aryl methyl sites for hydroxylation is 2.